The van der Waals surface area contributed by atoms with Crippen molar-refractivity contribution in [3.8, 4) is 5.75 Å². The van der Waals surface area contributed by atoms with Crippen molar-refractivity contribution in [1.82, 2.24) is 4.57 Å². The zero-order valence-corrected chi connectivity index (χ0v) is 9.00. The summed E-state index contributed by atoms with van der Waals surface area (Å²) in [5.41, 5.74) is -0.292. The largest absolute Gasteiger partial charge is 0.486 e. The molecule has 1 heterocycles. The van der Waals surface area contributed by atoms with Crippen molar-refractivity contribution in [2.75, 3.05) is 6.61 Å². The van der Waals surface area contributed by atoms with E-state index in [0.717, 1.165) is 0 Å². The van der Waals surface area contributed by atoms with Crippen molar-refractivity contribution in [3.63, 3.8) is 0 Å². The molecule has 2 rings (SSSR count). The lowest BCUT2D eigenvalue weighted by atomic mass is 10.2. The van der Waals surface area contributed by atoms with Crippen LogP contribution >= 0.6 is 0 Å². The molecule has 0 aliphatic rings. The third-order valence-electron chi connectivity index (χ3n) is 2.32. The van der Waals surface area contributed by atoms with E-state index in [1.54, 1.807) is 0 Å². The van der Waals surface area contributed by atoms with Gasteiger partial charge < -0.3 is 9.15 Å². The summed E-state index contributed by atoms with van der Waals surface area (Å²) in [4.78, 5) is 32.9. The van der Waals surface area contributed by atoms with Crippen molar-refractivity contribution in [3.05, 3.63) is 39.2 Å². The van der Waals surface area contributed by atoms with Crippen LogP contribution in [-0.4, -0.2) is 17.5 Å². The van der Waals surface area contributed by atoms with E-state index in [0.29, 0.717) is 17.6 Å². The number of carbonyl (C=O) groups excluding carboxylic acids is 1. The zero-order valence-electron chi connectivity index (χ0n) is 9.00. The van der Waals surface area contributed by atoms with Gasteiger partial charge in [0.15, 0.2) is 6.29 Å². The maximum Gasteiger partial charge on any atom is 0.422 e. The first kappa shape index (κ1) is 11.1. The predicted molar refractivity (Wildman–Crippen MR) is 59.3 cm³/mol. The lowest BCUT2D eigenvalue weighted by Crippen LogP contribution is -2.22. The number of hydrogen-bond donors (Lipinski definition) is 0. The molecule has 0 unspecified atom stereocenters. The van der Waals surface area contributed by atoms with Crippen molar-refractivity contribution < 1.29 is 13.9 Å². The molecule has 0 radical (unpaired) electrons. The van der Waals surface area contributed by atoms with Crippen LogP contribution in [0.25, 0.3) is 10.9 Å². The molecule has 0 aliphatic heterocycles. The molecule has 0 N–H and O–H groups in total. The third kappa shape index (κ3) is 1.96. The summed E-state index contributed by atoms with van der Waals surface area (Å²) in [6.07, 6.45) is 0.614. The minimum Gasteiger partial charge on any atom is -0.486 e. The lowest BCUT2D eigenvalue weighted by Gasteiger charge is -2.05. The molecular weight excluding hydrogens is 226 g/mol. The number of hydrogen-bond acceptors (Lipinski definition) is 5. The lowest BCUT2D eigenvalue weighted by molar-refractivity contribution is -0.109. The number of benzene rings is 1. The van der Waals surface area contributed by atoms with Gasteiger partial charge in [-0.15, -0.1) is 0 Å². The van der Waals surface area contributed by atoms with E-state index in [9.17, 15) is 14.4 Å². The van der Waals surface area contributed by atoms with E-state index in [-0.39, 0.29) is 12.0 Å². The number of fused-ring (bicyclic) bond motifs is 1. The summed E-state index contributed by atoms with van der Waals surface area (Å²) < 4.78 is 10.8. The van der Waals surface area contributed by atoms with Crippen LogP contribution in [0.3, 0.4) is 0 Å². The van der Waals surface area contributed by atoms with Crippen LogP contribution in [0.2, 0.25) is 0 Å². The molecule has 0 atom stereocenters. The monoisotopic (exact) mass is 235 g/mol. The second-order valence-corrected chi connectivity index (χ2v) is 3.37. The van der Waals surface area contributed by atoms with E-state index in [2.05, 4.69) is 4.42 Å². The number of aryl methyl sites for hydroxylation is 1. The van der Waals surface area contributed by atoms with Gasteiger partial charge >= 0.3 is 11.4 Å². The quantitative estimate of drug-likeness (QED) is 0.703. The second-order valence-electron chi connectivity index (χ2n) is 3.37. The summed E-state index contributed by atoms with van der Waals surface area (Å²) >= 11 is 0. The Bertz CT molecular complexity index is 682. The maximum absolute atomic E-state index is 11.4. The highest BCUT2D eigenvalue weighted by atomic mass is 16.5. The van der Waals surface area contributed by atoms with Gasteiger partial charge in [0.2, 0.25) is 0 Å². The molecule has 0 fully saturated rings. The van der Waals surface area contributed by atoms with E-state index in [1.165, 1.54) is 29.8 Å². The molecule has 6 nitrogen and oxygen atoms in total. The number of aldehydes is 1. The summed E-state index contributed by atoms with van der Waals surface area (Å²) in [7, 11) is 1.48. The Kier molecular flexibility index (Phi) is 2.78. The summed E-state index contributed by atoms with van der Waals surface area (Å²) in [6, 6.07) is 4.53. The van der Waals surface area contributed by atoms with Crippen molar-refractivity contribution in [1.29, 1.82) is 0 Å². The topological polar surface area (TPSA) is 78.5 Å². The molecule has 0 saturated heterocycles. The molecule has 0 bridgehead atoms. The maximum atomic E-state index is 11.4. The highest BCUT2D eigenvalue weighted by Gasteiger charge is 2.07. The van der Waals surface area contributed by atoms with Crippen LogP contribution in [0.5, 0.6) is 5.75 Å². The van der Waals surface area contributed by atoms with Gasteiger partial charge in [-0.3, -0.25) is 9.36 Å². The van der Waals surface area contributed by atoms with E-state index in [1.807, 2.05) is 0 Å². The number of ether oxygens (including phenoxy) is 1. The molecule has 0 amide bonds. The van der Waals surface area contributed by atoms with Gasteiger partial charge in [0, 0.05) is 13.1 Å². The summed E-state index contributed by atoms with van der Waals surface area (Å²) in [6.45, 7) is -0.0824. The Morgan fingerprint density at radius 2 is 2.18 bits per heavy atom. The molecule has 0 aliphatic carbocycles. The molecule has 0 saturated carbocycles. The van der Waals surface area contributed by atoms with Crippen molar-refractivity contribution in [2.45, 2.75) is 0 Å². The molecule has 88 valence electrons. The molecule has 2 aromatic rings. The van der Waals surface area contributed by atoms with Crippen LogP contribution in [0, 0.1) is 0 Å². The van der Waals surface area contributed by atoms with Crippen molar-refractivity contribution in [2.24, 2.45) is 7.05 Å². The summed E-state index contributed by atoms with van der Waals surface area (Å²) in [5, 5.41) is 0.283. The highest BCUT2D eigenvalue weighted by Crippen LogP contribution is 2.16. The Hall–Kier alpha value is -2.37. The first-order valence-corrected chi connectivity index (χ1v) is 4.84. The van der Waals surface area contributed by atoms with E-state index >= 15 is 0 Å². The number of nitrogens with zero attached hydrogens (tertiary/aromatic N) is 1. The van der Waals surface area contributed by atoms with Gasteiger partial charge in [-0.1, -0.05) is 0 Å². The van der Waals surface area contributed by atoms with Gasteiger partial charge in [-0.05, 0) is 12.1 Å². The van der Waals surface area contributed by atoms with Gasteiger partial charge in [0.05, 0.1) is 10.9 Å². The molecule has 6 heteroatoms. The highest BCUT2D eigenvalue weighted by molar-refractivity contribution is 5.79. The fourth-order valence-electron chi connectivity index (χ4n) is 1.48. The van der Waals surface area contributed by atoms with Gasteiger partial charge in [0.25, 0.3) is 0 Å². The minimum absolute atomic E-state index is 0.0824. The Morgan fingerprint density at radius 1 is 1.41 bits per heavy atom. The Morgan fingerprint density at radius 3 is 2.88 bits per heavy atom. The molecule has 1 aromatic carbocycles. The minimum atomic E-state index is -0.741. The van der Waals surface area contributed by atoms with Crippen LogP contribution in [0.15, 0.2) is 32.2 Å². The molecule has 17 heavy (non-hydrogen) atoms. The standard InChI is InChI=1S/C11H9NO5/c1-12-9-6-7(16-5-4-13)2-3-8(9)10(14)17-11(12)15/h2-4,6H,5H2,1H3. The van der Waals surface area contributed by atoms with Crippen LogP contribution in [0.1, 0.15) is 0 Å². The average molecular weight is 235 g/mol. The van der Waals surface area contributed by atoms with E-state index in [4.69, 9.17) is 4.74 Å². The summed E-state index contributed by atoms with van der Waals surface area (Å²) in [5.74, 6) is -0.333. The zero-order chi connectivity index (χ0) is 12.4. The van der Waals surface area contributed by atoms with Crippen molar-refractivity contribution >= 4 is 17.2 Å². The second kappa shape index (κ2) is 4.25. The van der Waals surface area contributed by atoms with Crippen LogP contribution < -0.4 is 16.1 Å². The van der Waals surface area contributed by atoms with Gasteiger partial charge in [0.1, 0.15) is 12.4 Å². The third-order valence-corrected chi connectivity index (χ3v) is 2.32. The van der Waals surface area contributed by atoms with E-state index < -0.39 is 11.4 Å². The first-order chi connectivity index (χ1) is 8.13. The predicted octanol–water partition coefficient (Wildman–Crippen LogP) is 0.0694. The number of aromatic nitrogens is 1. The van der Waals surface area contributed by atoms with Crippen LogP contribution in [-0.2, 0) is 11.8 Å². The smallest absolute Gasteiger partial charge is 0.422 e. The molecule has 0 spiro atoms. The molecule has 1 aromatic heterocycles. The van der Waals surface area contributed by atoms with Crippen LogP contribution in [0.4, 0.5) is 0 Å². The first-order valence-electron chi connectivity index (χ1n) is 4.84. The number of rotatable bonds is 3. The Labute approximate surface area is 95.0 Å². The fourth-order valence-corrected chi connectivity index (χ4v) is 1.48. The van der Waals surface area contributed by atoms with Gasteiger partial charge in [-0.2, -0.15) is 0 Å². The Balaban J connectivity index is 2.67. The number of carbonyl (C=O) groups is 1. The normalized spacial score (nSPS) is 10.4. The molecular formula is C11H9NO5. The van der Waals surface area contributed by atoms with Gasteiger partial charge in [-0.25, -0.2) is 9.59 Å². The average Bonchev–Trinajstić information content (AvgIpc) is 2.33. The SMILES string of the molecule is Cn1c(=O)oc(=O)c2ccc(OCC=O)cc21. The fraction of sp³-hybridized carbons (Fsp3) is 0.182.